The number of ether oxygens (including phenoxy) is 1. The van der Waals surface area contributed by atoms with E-state index in [9.17, 15) is 4.79 Å². The lowest BCUT2D eigenvalue weighted by atomic mass is 9.85. The van der Waals surface area contributed by atoms with E-state index >= 15 is 0 Å². The second-order valence-electron chi connectivity index (χ2n) is 6.37. The maximum Gasteiger partial charge on any atom is 0.342 e. The van der Waals surface area contributed by atoms with E-state index in [0.29, 0.717) is 23.4 Å². The minimum Gasteiger partial charge on any atom is -0.486 e. The van der Waals surface area contributed by atoms with Crippen molar-refractivity contribution in [1.82, 2.24) is 9.97 Å². The molecular formula is C20H16N4O2. The van der Waals surface area contributed by atoms with Gasteiger partial charge in [-0.2, -0.15) is 4.79 Å². The standard InChI is InChI=1S/C20H16N4O2/c1-12-8-18-16(20(25)19(12)24-21)9-15(10-22-18)26-11-14-7-6-13-4-2-3-5-17(13)23-14/h2-7,9-10,12H,8,11H2,1H3. The van der Waals surface area contributed by atoms with Crippen molar-refractivity contribution in [3.63, 3.8) is 0 Å². The minimum atomic E-state index is -0.303. The molecule has 1 aliphatic carbocycles. The van der Waals surface area contributed by atoms with Crippen LogP contribution in [-0.2, 0) is 13.0 Å². The number of hydrogen-bond donors (Lipinski definition) is 0. The molecule has 4 rings (SSSR count). The highest BCUT2D eigenvalue weighted by Crippen LogP contribution is 2.25. The zero-order chi connectivity index (χ0) is 18.1. The number of aromatic nitrogens is 2. The summed E-state index contributed by atoms with van der Waals surface area (Å²) in [5.41, 5.74) is 12.1. The fourth-order valence-electron chi connectivity index (χ4n) is 3.15. The molecular weight excluding hydrogens is 328 g/mol. The molecule has 0 aliphatic heterocycles. The predicted molar refractivity (Wildman–Crippen MR) is 96.1 cm³/mol. The van der Waals surface area contributed by atoms with Gasteiger partial charge in [0.1, 0.15) is 12.4 Å². The van der Waals surface area contributed by atoms with Crippen LogP contribution in [0.25, 0.3) is 16.4 Å². The Bertz CT molecular complexity index is 1070. The third-order valence-corrected chi connectivity index (χ3v) is 4.54. The predicted octanol–water partition coefficient (Wildman–Crippen LogP) is 3.25. The van der Waals surface area contributed by atoms with Crippen LogP contribution in [0.2, 0.25) is 0 Å². The van der Waals surface area contributed by atoms with Gasteiger partial charge in [-0.3, -0.25) is 9.78 Å². The van der Waals surface area contributed by atoms with Crippen LogP contribution in [0.5, 0.6) is 5.75 Å². The normalized spacial score (nSPS) is 16.3. The largest absolute Gasteiger partial charge is 0.486 e. The van der Waals surface area contributed by atoms with Crippen molar-refractivity contribution in [3.05, 3.63) is 71.1 Å². The van der Waals surface area contributed by atoms with E-state index in [1.807, 2.05) is 43.3 Å². The molecule has 6 nitrogen and oxygen atoms in total. The summed E-state index contributed by atoms with van der Waals surface area (Å²) in [6.45, 7) is 2.12. The van der Waals surface area contributed by atoms with Gasteiger partial charge in [0.05, 0.1) is 34.6 Å². The Hall–Kier alpha value is -3.37. The number of nitrogens with zero attached hydrogens (tertiary/aromatic N) is 4. The Morgan fingerprint density at radius 2 is 2.12 bits per heavy atom. The smallest absolute Gasteiger partial charge is 0.342 e. The Balaban J connectivity index is 1.56. The number of para-hydroxylation sites is 1. The molecule has 3 aromatic rings. The Morgan fingerprint density at radius 1 is 1.27 bits per heavy atom. The third-order valence-electron chi connectivity index (χ3n) is 4.54. The molecule has 0 amide bonds. The first-order valence-corrected chi connectivity index (χ1v) is 8.38. The van der Waals surface area contributed by atoms with Crippen molar-refractivity contribution in [2.24, 2.45) is 5.92 Å². The fraction of sp³-hybridized carbons (Fsp3) is 0.200. The van der Waals surface area contributed by atoms with Gasteiger partial charge < -0.3 is 10.3 Å². The highest BCUT2D eigenvalue weighted by atomic mass is 16.5. The van der Waals surface area contributed by atoms with Gasteiger partial charge in [0.2, 0.25) is 0 Å². The van der Waals surface area contributed by atoms with Crippen LogP contribution in [-0.4, -0.2) is 26.3 Å². The molecule has 0 spiro atoms. The molecule has 6 heteroatoms. The van der Waals surface area contributed by atoms with Crippen LogP contribution >= 0.6 is 0 Å². The van der Waals surface area contributed by atoms with Crippen molar-refractivity contribution in [1.29, 1.82) is 0 Å². The second kappa shape index (κ2) is 6.50. The van der Waals surface area contributed by atoms with Gasteiger partial charge in [0.15, 0.2) is 0 Å². The summed E-state index contributed by atoms with van der Waals surface area (Å²) in [5, 5.41) is 1.07. The minimum absolute atomic E-state index is 0.152. The summed E-state index contributed by atoms with van der Waals surface area (Å²) in [4.78, 5) is 24.5. The number of Topliss-reactive ketones (excluding diaryl/α,β-unsaturated/α-hetero) is 1. The summed E-state index contributed by atoms with van der Waals surface area (Å²) in [6.07, 6.45) is 2.17. The maximum atomic E-state index is 12.4. The first-order valence-electron chi connectivity index (χ1n) is 8.38. The molecule has 26 heavy (non-hydrogen) atoms. The fourth-order valence-corrected chi connectivity index (χ4v) is 3.15. The van der Waals surface area contributed by atoms with Crippen molar-refractivity contribution in [3.8, 4) is 5.75 Å². The van der Waals surface area contributed by atoms with E-state index < -0.39 is 0 Å². The molecule has 0 saturated heterocycles. The zero-order valence-corrected chi connectivity index (χ0v) is 14.2. The number of carbonyl (C=O) groups excluding carboxylic acids is 1. The molecule has 0 fully saturated rings. The molecule has 0 N–H and O–H groups in total. The molecule has 1 aliphatic rings. The van der Waals surface area contributed by atoms with Crippen molar-refractivity contribution < 1.29 is 14.3 Å². The molecule has 1 unspecified atom stereocenters. The monoisotopic (exact) mass is 344 g/mol. The van der Waals surface area contributed by atoms with Crippen LogP contribution in [0.15, 0.2) is 48.7 Å². The molecule has 2 heterocycles. The third kappa shape index (κ3) is 2.87. The van der Waals surface area contributed by atoms with Crippen LogP contribution in [0.4, 0.5) is 0 Å². The summed E-state index contributed by atoms with van der Waals surface area (Å²) >= 11 is 0. The maximum absolute atomic E-state index is 12.4. The Labute approximate surface area is 150 Å². The molecule has 1 aromatic carbocycles. The van der Waals surface area contributed by atoms with Gasteiger partial charge in [-0.1, -0.05) is 31.2 Å². The summed E-state index contributed by atoms with van der Waals surface area (Å²) in [5.74, 6) is 0.0306. The highest BCUT2D eigenvalue weighted by molar-refractivity contribution is 6.45. The van der Waals surface area contributed by atoms with E-state index in [-0.39, 0.29) is 24.0 Å². The van der Waals surface area contributed by atoms with Gasteiger partial charge in [0.25, 0.3) is 5.78 Å². The summed E-state index contributed by atoms with van der Waals surface area (Å²) < 4.78 is 5.77. The van der Waals surface area contributed by atoms with Crippen LogP contribution in [0.1, 0.15) is 28.7 Å². The molecule has 0 bridgehead atoms. The van der Waals surface area contributed by atoms with Gasteiger partial charge in [0, 0.05) is 11.8 Å². The highest BCUT2D eigenvalue weighted by Gasteiger charge is 2.36. The molecule has 2 aromatic heterocycles. The van der Waals surface area contributed by atoms with Crippen molar-refractivity contribution in [2.75, 3.05) is 0 Å². The summed E-state index contributed by atoms with van der Waals surface area (Å²) in [6, 6.07) is 13.4. The lowest BCUT2D eigenvalue weighted by Gasteiger charge is -2.16. The quantitative estimate of drug-likeness (QED) is 0.539. The number of carbonyl (C=O) groups is 1. The molecule has 1 atom stereocenters. The number of fused-ring (bicyclic) bond motifs is 2. The van der Waals surface area contributed by atoms with Gasteiger partial charge >= 0.3 is 5.71 Å². The molecule has 0 radical (unpaired) electrons. The Morgan fingerprint density at radius 3 is 2.96 bits per heavy atom. The van der Waals surface area contributed by atoms with E-state index in [4.69, 9.17) is 10.3 Å². The van der Waals surface area contributed by atoms with Crippen LogP contribution in [0, 0.1) is 5.92 Å². The molecule has 0 saturated carbocycles. The zero-order valence-electron chi connectivity index (χ0n) is 14.2. The lowest BCUT2D eigenvalue weighted by Crippen LogP contribution is -2.31. The van der Waals surface area contributed by atoms with E-state index in [1.54, 1.807) is 12.3 Å². The number of hydrogen-bond acceptors (Lipinski definition) is 4. The van der Waals surface area contributed by atoms with Gasteiger partial charge in [-0.15, -0.1) is 0 Å². The van der Waals surface area contributed by atoms with Crippen molar-refractivity contribution in [2.45, 2.75) is 20.0 Å². The van der Waals surface area contributed by atoms with Crippen molar-refractivity contribution >= 4 is 22.4 Å². The topological polar surface area (TPSA) is 88.5 Å². The lowest BCUT2D eigenvalue weighted by molar-refractivity contribution is -0.0135. The number of rotatable bonds is 3. The first-order chi connectivity index (χ1) is 12.7. The number of pyridine rings is 2. The number of ketones is 1. The van der Waals surface area contributed by atoms with Gasteiger partial charge in [-0.25, -0.2) is 4.98 Å². The Kier molecular flexibility index (Phi) is 4.03. The average Bonchev–Trinajstić information content (AvgIpc) is 2.67. The second-order valence-corrected chi connectivity index (χ2v) is 6.37. The van der Waals surface area contributed by atoms with Crippen LogP contribution < -0.4 is 4.74 Å². The summed E-state index contributed by atoms with van der Waals surface area (Å²) in [7, 11) is 0. The number of benzene rings is 1. The van der Waals surface area contributed by atoms with E-state index in [0.717, 1.165) is 16.6 Å². The van der Waals surface area contributed by atoms with Gasteiger partial charge in [-0.05, 0) is 18.2 Å². The molecule has 128 valence electrons. The SMILES string of the molecule is CC1Cc2ncc(OCc3ccc4ccccc4n3)cc2C(=O)C1=[N+]=[N-]. The average molecular weight is 344 g/mol. The first kappa shape index (κ1) is 16.1. The van der Waals surface area contributed by atoms with Crippen LogP contribution in [0.3, 0.4) is 0 Å². The van der Waals surface area contributed by atoms with E-state index in [2.05, 4.69) is 14.8 Å². The van der Waals surface area contributed by atoms with E-state index in [1.165, 1.54) is 0 Å².